The van der Waals surface area contributed by atoms with Crippen molar-refractivity contribution in [1.29, 1.82) is 0 Å². The third kappa shape index (κ3) is 3.16. The second kappa shape index (κ2) is 6.45. The van der Waals surface area contributed by atoms with Gasteiger partial charge in [-0.05, 0) is 17.9 Å². The lowest BCUT2D eigenvalue weighted by Crippen LogP contribution is -2.37. The third-order valence-corrected chi connectivity index (χ3v) is 3.80. The first-order valence-electron chi connectivity index (χ1n) is 4.96. The normalized spacial score (nSPS) is 15.2. The Morgan fingerprint density at radius 1 is 1.67 bits per heavy atom. The number of thiophene rings is 1. The lowest BCUT2D eigenvalue weighted by molar-refractivity contribution is 0.0617. The van der Waals surface area contributed by atoms with Crippen molar-refractivity contribution in [3.8, 4) is 0 Å². The van der Waals surface area contributed by atoms with Gasteiger partial charge in [-0.1, -0.05) is 24.9 Å². The fraction of sp³-hybridized carbons (Fsp3) is 0.600. The maximum atomic E-state index is 6.07. The number of hydrogen-bond acceptors (Lipinski definition) is 4. The van der Waals surface area contributed by atoms with E-state index in [-0.39, 0.29) is 12.1 Å². The predicted octanol–water partition coefficient (Wildman–Crippen LogP) is 2.72. The Bertz CT molecular complexity index is 293. The van der Waals surface area contributed by atoms with Crippen molar-refractivity contribution >= 4 is 22.9 Å². The molecule has 3 N–H and O–H groups in total. The molecule has 0 spiro atoms. The maximum Gasteiger partial charge on any atom is 0.0829 e. The predicted molar refractivity (Wildman–Crippen MR) is 65.1 cm³/mol. The highest BCUT2D eigenvalue weighted by Crippen LogP contribution is 2.32. The van der Waals surface area contributed by atoms with Gasteiger partial charge in [0.05, 0.1) is 17.2 Å². The van der Waals surface area contributed by atoms with Crippen LogP contribution >= 0.6 is 22.9 Å². The number of hydrogen-bond donors (Lipinski definition) is 2. The maximum absolute atomic E-state index is 6.07. The van der Waals surface area contributed by atoms with Gasteiger partial charge in [0.25, 0.3) is 0 Å². The van der Waals surface area contributed by atoms with Crippen LogP contribution in [0, 0.1) is 0 Å². The first kappa shape index (κ1) is 12.9. The fourth-order valence-electron chi connectivity index (χ4n) is 1.58. The van der Waals surface area contributed by atoms with Gasteiger partial charge in [0.15, 0.2) is 0 Å². The molecule has 1 aromatic heterocycles. The lowest BCUT2D eigenvalue weighted by Gasteiger charge is -2.24. The monoisotopic (exact) mass is 248 g/mol. The summed E-state index contributed by atoms with van der Waals surface area (Å²) in [7, 11) is 1.70. The van der Waals surface area contributed by atoms with E-state index in [1.807, 2.05) is 11.4 Å². The van der Waals surface area contributed by atoms with Gasteiger partial charge in [0.2, 0.25) is 0 Å². The Kier molecular flexibility index (Phi) is 5.56. The number of rotatable bonds is 6. The molecule has 0 aromatic carbocycles. The van der Waals surface area contributed by atoms with Gasteiger partial charge in [-0.3, -0.25) is 5.84 Å². The molecule has 0 fully saturated rings. The number of nitrogens with one attached hydrogen (secondary N) is 1. The van der Waals surface area contributed by atoms with Crippen LogP contribution in [0.2, 0.25) is 5.02 Å². The van der Waals surface area contributed by atoms with Gasteiger partial charge >= 0.3 is 0 Å². The molecule has 0 aliphatic carbocycles. The molecule has 3 nitrogen and oxygen atoms in total. The van der Waals surface area contributed by atoms with Gasteiger partial charge in [-0.25, -0.2) is 5.43 Å². The quantitative estimate of drug-likeness (QED) is 0.601. The molecule has 1 rings (SSSR count). The molecule has 1 heterocycles. The zero-order valence-corrected chi connectivity index (χ0v) is 10.6. The Morgan fingerprint density at radius 2 is 2.40 bits per heavy atom. The molecule has 0 aliphatic heterocycles. The van der Waals surface area contributed by atoms with Crippen LogP contribution in [-0.4, -0.2) is 13.2 Å². The fourth-order valence-corrected chi connectivity index (χ4v) is 2.87. The van der Waals surface area contributed by atoms with Gasteiger partial charge < -0.3 is 4.74 Å². The number of hydrazine groups is 1. The number of ether oxygens (including phenoxy) is 1. The summed E-state index contributed by atoms with van der Waals surface area (Å²) in [4.78, 5) is 1.04. The Balaban J connectivity index is 2.82. The van der Waals surface area contributed by atoms with E-state index in [0.717, 1.165) is 22.7 Å². The second-order valence-corrected chi connectivity index (χ2v) is 4.69. The van der Waals surface area contributed by atoms with Gasteiger partial charge in [0.1, 0.15) is 0 Å². The van der Waals surface area contributed by atoms with Crippen LogP contribution in [0.25, 0.3) is 0 Å². The highest BCUT2D eigenvalue weighted by Gasteiger charge is 2.24. The molecule has 2 unspecified atom stereocenters. The van der Waals surface area contributed by atoms with Crippen molar-refractivity contribution in [2.45, 2.75) is 31.9 Å². The zero-order chi connectivity index (χ0) is 11.3. The van der Waals surface area contributed by atoms with Crippen LogP contribution in [-0.2, 0) is 4.74 Å². The molecule has 1 aromatic rings. The summed E-state index contributed by atoms with van der Waals surface area (Å²) in [6.07, 6.45) is 2.08. The van der Waals surface area contributed by atoms with Crippen molar-refractivity contribution < 1.29 is 4.74 Å². The molecule has 5 heteroatoms. The average Bonchev–Trinajstić information content (AvgIpc) is 2.65. The molecule has 0 saturated carbocycles. The molecule has 0 radical (unpaired) electrons. The zero-order valence-electron chi connectivity index (χ0n) is 9.00. The van der Waals surface area contributed by atoms with Crippen LogP contribution in [0.15, 0.2) is 11.4 Å². The first-order chi connectivity index (χ1) is 7.24. The highest BCUT2D eigenvalue weighted by molar-refractivity contribution is 7.10. The van der Waals surface area contributed by atoms with E-state index in [0.29, 0.717) is 0 Å². The summed E-state index contributed by atoms with van der Waals surface area (Å²) in [5.74, 6) is 5.56. The van der Waals surface area contributed by atoms with Gasteiger partial charge in [0, 0.05) is 12.0 Å². The summed E-state index contributed by atoms with van der Waals surface area (Å²) in [5, 5.41) is 2.71. The van der Waals surface area contributed by atoms with E-state index in [4.69, 9.17) is 22.2 Å². The molecule has 0 aliphatic rings. The largest absolute Gasteiger partial charge is 0.379 e. The molecule has 0 bridgehead atoms. The van der Waals surface area contributed by atoms with E-state index >= 15 is 0 Å². The number of methoxy groups -OCH3 is 1. The summed E-state index contributed by atoms with van der Waals surface area (Å²) < 4.78 is 5.43. The molecule has 86 valence electrons. The topological polar surface area (TPSA) is 47.3 Å². The Morgan fingerprint density at radius 3 is 2.80 bits per heavy atom. The SMILES string of the molecule is CCCC(OC)C(NN)c1sccc1Cl. The van der Waals surface area contributed by atoms with E-state index in [9.17, 15) is 0 Å². The van der Waals surface area contributed by atoms with Gasteiger partial charge in [-0.2, -0.15) is 0 Å². The summed E-state index contributed by atoms with van der Waals surface area (Å²) in [6, 6.07) is 1.85. The van der Waals surface area contributed by atoms with Crippen molar-refractivity contribution in [1.82, 2.24) is 5.43 Å². The van der Waals surface area contributed by atoms with Crippen LogP contribution in [0.4, 0.5) is 0 Å². The van der Waals surface area contributed by atoms with Crippen molar-refractivity contribution in [3.05, 3.63) is 21.3 Å². The standard InChI is InChI=1S/C10H17ClN2OS/c1-3-4-8(14-2)9(13-12)10-7(11)5-6-15-10/h5-6,8-9,13H,3-4,12H2,1-2H3. The minimum Gasteiger partial charge on any atom is -0.379 e. The number of nitrogens with two attached hydrogens (primary N) is 1. The van der Waals surface area contributed by atoms with Crippen molar-refractivity contribution in [2.75, 3.05) is 7.11 Å². The third-order valence-electron chi connectivity index (χ3n) is 2.35. The Hall–Kier alpha value is -0.130. The van der Waals surface area contributed by atoms with Crippen LogP contribution in [0.1, 0.15) is 30.7 Å². The molecular formula is C10H17ClN2OS. The summed E-state index contributed by atoms with van der Waals surface area (Å²) >= 11 is 7.67. The van der Waals surface area contributed by atoms with E-state index in [2.05, 4.69) is 12.3 Å². The second-order valence-electron chi connectivity index (χ2n) is 3.34. The molecule has 2 atom stereocenters. The number of halogens is 1. The average molecular weight is 249 g/mol. The minimum absolute atomic E-state index is 0.0255. The van der Waals surface area contributed by atoms with Crippen LogP contribution < -0.4 is 11.3 Å². The van der Waals surface area contributed by atoms with Crippen LogP contribution in [0.5, 0.6) is 0 Å². The Labute approximate surface area is 99.5 Å². The molecule has 15 heavy (non-hydrogen) atoms. The summed E-state index contributed by atoms with van der Waals surface area (Å²) in [5.41, 5.74) is 2.78. The smallest absolute Gasteiger partial charge is 0.0829 e. The first-order valence-corrected chi connectivity index (χ1v) is 6.22. The van der Waals surface area contributed by atoms with Crippen molar-refractivity contribution in [2.24, 2.45) is 5.84 Å². The molecule has 0 saturated heterocycles. The highest BCUT2D eigenvalue weighted by atomic mass is 35.5. The van der Waals surface area contributed by atoms with E-state index in [1.54, 1.807) is 18.4 Å². The van der Waals surface area contributed by atoms with Crippen LogP contribution in [0.3, 0.4) is 0 Å². The van der Waals surface area contributed by atoms with E-state index in [1.165, 1.54) is 0 Å². The minimum atomic E-state index is -0.0255. The molecule has 0 amide bonds. The van der Waals surface area contributed by atoms with E-state index < -0.39 is 0 Å². The van der Waals surface area contributed by atoms with Gasteiger partial charge in [-0.15, -0.1) is 11.3 Å². The lowest BCUT2D eigenvalue weighted by atomic mass is 10.1. The molecular weight excluding hydrogens is 232 g/mol. The van der Waals surface area contributed by atoms with Crippen molar-refractivity contribution in [3.63, 3.8) is 0 Å². The summed E-state index contributed by atoms with van der Waals surface area (Å²) in [6.45, 7) is 2.12.